The summed E-state index contributed by atoms with van der Waals surface area (Å²) < 4.78 is 1.17. The van der Waals surface area contributed by atoms with Crippen LogP contribution in [0.1, 0.15) is 11.1 Å². The number of halogens is 1. The molecular weight excluding hydrogens is 344 g/mol. The van der Waals surface area contributed by atoms with Crippen molar-refractivity contribution in [2.45, 2.75) is 13.8 Å². The molecule has 1 aromatic heterocycles. The normalized spacial score (nSPS) is 10.8. The predicted molar refractivity (Wildman–Crippen MR) is 94.6 cm³/mol. The van der Waals surface area contributed by atoms with E-state index in [2.05, 4.69) is 47.3 Å². The summed E-state index contributed by atoms with van der Waals surface area (Å²) in [5.74, 6) is 0. The Hall–Kier alpha value is -1.65. The molecule has 106 valence electrons. The van der Waals surface area contributed by atoms with Crippen molar-refractivity contribution in [2.24, 2.45) is 0 Å². The Balaban J connectivity index is 2.02. The van der Waals surface area contributed by atoms with Crippen LogP contribution in [0.4, 0.5) is 5.69 Å². The second-order valence-electron chi connectivity index (χ2n) is 5.09. The third kappa shape index (κ3) is 2.87. The lowest BCUT2D eigenvalue weighted by molar-refractivity contribution is 1.32. The van der Waals surface area contributed by atoms with E-state index < -0.39 is 0 Å². The van der Waals surface area contributed by atoms with Crippen LogP contribution in [-0.4, -0.2) is 4.98 Å². The number of benzene rings is 2. The van der Waals surface area contributed by atoms with Crippen LogP contribution in [0.15, 0.2) is 46.3 Å². The third-order valence-corrected chi connectivity index (χ3v) is 5.51. The van der Waals surface area contributed by atoms with Crippen LogP contribution in [0.5, 0.6) is 0 Å². The minimum Gasteiger partial charge on any atom is -0.399 e. The van der Waals surface area contributed by atoms with Gasteiger partial charge in [-0.05, 0) is 49.2 Å². The maximum atomic E-state index is 5.84. The average molecular weight is 359 g/mol. The molecule has 0 saturated carbocycles. The first kappa shape index (κ1) is 14.3. The van der Waals surface area contributed by atoms with Gasteiger partial charge < -0.3 is 5.73 Å². The highest BCUT2D eigenvalue weighted by atomic mass is 79.9. The van der Waals surface area contributed by atoms with Crippen molar-refractivity contribution in [2.75, 3.05) is 5.73 Å². The number of nitrogens with zero attached hydrogens (tertiary/aromatic N) is 1. The van der Waals surface area contributed by atoms with E-state index in [0.29, 0.717) is 0 Å². The molecule has 2 nitrogen and oxygen atoms in total. The first-order chi connectivity index (χ1) is 10.0. The number of aromatic nitrogens is 1. The van der Waals surface area contributed by atoms with Crippen LogP contribution in [0.3, 0.4) is 0 Å². The van der Waals surface area contributed by atoms with Crippen LogP contribution in [0, 0.1) is 13.8 Å². The average Bonchev–Trinajstić information content (AvgIpc) is 2.94. The standard InChI is InChI=1S/C17H15BrN2S/c1-10-6-13(7-11(2)16(10)18)17-20-15(9-21-17)12-4-3-5-14(19)8-12/h3-9H,19H2,1-2H3. The van der Waals surface area contributed by atoms with Gasteiger partial charge in [-0.1, -0.05) is 28.1 Å². The SMILES string of the molecule is Cc1cc(-c2nc(-c3cccc(N)c3)cs2)cc(C)c1Br. The summed E-state index contributed by atoms with van der Waals surface area (Å²) >= 11 is 5.26. The molecule has 0 fully saturated rings. The Bertz CT molecular complexity index is 785. The molecule has 0 bridgehead atoms. The highest BCUT2D eigenvalue weighted by Crippen LogP contribution is 2.33. The molecule has 3 aromatic rings. The number of aryl methyl sites for hydroxylation is 2. The van der Waals surface area contributed by atoms with Crippen molar-refractivity contribution in [1.82, 2.24) is 4.98 Å². The Labute approximate surface area is 136 Å². The van der Waals surface area contributed by atoms with Gasteiger partial charge in [0, 0.05) is 26.7 Å². The fourth-order valence-electron chi connectivity index (χ4n) is 2.31. The molecule has 4 heteroatoms. The van der Waals surface area contributed by atoms with Crippen LogP contribution in [-0.2, 0) is 0 Å². The molecule has 2 N–H and O–H groups in total. The van der Waals surface area contributed by atoms with E-state index in [9.17, 15) is 0 Å². The van der Waals surface area contributed by atoms with Gasteiger partial charge in [0.2, 0.25) is 0 Å². The second-order valence-corrected chi connectivity index (χ2v) is 6.74. The maximum absolute atomic E-state index is 5.84. The lowest BCUT2D eigenvalue weighted by Gasteiger charge is -2.05. The summed E-state index contributed by atoms with van der Waals surface area (Å²) in [6.07, 6.45) is 0. The molecule has 0 aliphatic rings. The van der Waals surface area contributed by atoms with Gasteiger partial charge in [-0.15, -0.1) is 11.3 Å². The number of thiazole rings is 1. The molecule has 0 saturated heterocycles. The Morgan fingerprint density at radius 3 is 2.43 bits per heavy atom. The molecule has 0 aliphatic carbocycles. The summed E-state index contributed by atoms with van der Waals surface area (Å²) in [5.41, 5.74) is 12.2. The minimum atomic E-state index is 0.761. The molecular formula is C17H15BrN2S. The van der Waals surface area contributed by atoms with Crippen LogP contribution in [0.25, 0.3) is 21.8 Å². The van der Waals surface area contributed by atoms with Gasteiger partial charge >= 0.3 is 0 Å². The molecule has 0 atom stereocenters. The number of nitrogens with two attached hydrogens (primary N) is 1. The smallest absolute Gasteiger partial charge is 0.124 e. The van der Waals surface area contributed by atoms with Crippen LogP contribution >= 0.6 is 27.3 Å². The molecule has 1 heterocycles. The fourth-order valence-corrected chi connectivity index (χ4v) is 3.35. The van der Waals surface area contributed by atoms with Gasteiger partial charge in [-0.2, -0.15) is 0 Å². The van der Waals surface area contributed by atoms with E-state index in [1.807, 2.05) is 24.3 Å². The quantitative estimate of drug-likeness (QED) is 0.619. The zero-order chi connectivity index (χ0) is 15.0. The van der Waals surface area contributed by atoms with Crippen molar-refractivity contribution in [3.63, 3.8) is 0 Å². The Morgan fingerprint density at radius 1 is 1.05 bits per heavy atom. The highest BCUT2D eigenvalue weighted by Gasteiger charge is 2.09. The lowest BCUT2D eigenvalue weighted by atomic mass is 10.1. The van der Waals surface area contributed by atoms with Gasteiger partial charge in [0.15, 0.2) is 0 Å². The van der Waals surface area contributed by atoms with Gasteiger partial charge in [-0.3, -0.25) is 0 Å². The molecule has 0 spiro atoms. The van der Waals surface area contributed by atoms with Gasteiger partial charge in [-0.25, -0.2) is 4.98 Å². The monoisotopic (exact) mass is 358 g/mol. The zero-order valence-corrected chi connectivity index (χ0v) is 14.3. The van der Waals surface area contributed by atoms with E-state index in [-0.39, 0.29) is 0 Å². The van der Waals surface area contributed by atoms with E-state index in [4.69, 9.17) is 10.7 Å². The third-order valence-electron chi connectivity index (χ3n) is 3.37. The maximum Gasteiger partial charge on any atom is 0.124 e. The molecule has 21 heavy (non-hydrogen) atoms. The van der Waals surface area contributed by atoms with E-state index >= 15 is 0 Å². The molecule has 2 aromatic carbocycles. The number of hydrogen-bond acceptors (Lipinski definition) is 3. The van der Waals surface area contributed by atoms with Gasteiger partial charge in [0.05, 0.1) is 5.69 Å². The molecule has 0 amide bonds. The lowest BCUT2D eigenvalue weighted by Crippen LogP contribution is -1.87. The first-order valence-corrected chi connectivity index (χ1v) is 8.30. The molecule has 0 radical (unpaired) electrons. The number of hydrogen-bond donors (Lipinski definition) is 1. The summed E-state index contributed by atoms with van der Waals surface area (Å²) in [7, 11) is 0. The predicted octanol–water partition coefficient (Wildman–Crippen LogP) is 5.44. The summed E-state index contributed by atoms with van der Waals surface area (Å²) in [5, 5.41) is 3.11. The fraction of sp³-hybridized carbons (Fsp3) is 0.118. The Kier molecular flexibility index (Phi) is 3.83. The molecule has 3 rings (SSSR count). The van der Waals surface area contributed by atoms with Crippen molar-refractivity contribution < 1.29 is 0 Å². The van der Waals surface area contributed by atoms with Crippen molar-refractivity contribution in [3.05, 3.63) is 57.4 Å². The number of rotatable bonds is 2. The van der Waals surface area contributed by atoms with E-state index in [1.165, 1.54) is 15.6 Å². The number of nitrogen functional groups attached to an aromatic ring is 1. The van der Waals surface area contributed by atoms with Gasteiger partial charge in [0.1, 0.15) is 5.01 Å². The van der Waals surface area contributed by atoms with Crippen molar-refractivity contribution >= 4 is 33.0 Å². The van der Waals surface area contributed by atoms with Crippen LogP contribution < -0.4 is 5.73 Å². The zero-order valence-electron chi connectivity index (χ0n) is 11.9. The second kappa shape index (κ2) is 5.62. The van der Waals surface area contributed by atoms with E-state index in [0.717, 1.165) is 27.5 Å². The summed E-state index contributed by atoms with van der Waals surface area (Å²) in [6, 6.07) is 12.2. The Morgan fingerprint density at radius 2 is 1.76 bits per heavy atom. The summed E-state index contributed by atoms with van der Waals surface area (Å²) in [4.78, 5) is 4.75. The van der Waals surface area contributed by atoms with Crippen LogP contribution in [0.2, 0.25) is 0 Å². The molecule has 0 aliphatic heterocycles. The summed E-state index contributed by atoms with van der Waals surface area (Å²) in [6.45, 7) is 4.21. The largest absolute Gasteiger partial charge is 0.399 e. The highest BCUT2D eigenvalue weighted by molar-refractivity contribution is 9.10. The first-order valence-electron chi connectivity index (χ1n) is 6.63. The molecule has 0 unspecified atom stereocenters. The minimum absolute atomic E-state index is 0.761. The van der Waals surface area contributed by atoms with Crippen molar-refractivity contribution in [3.8, 4) is 21.8 Å². The van der Waals surface area contributed by atoms with E-state index in [1.54, 1.807) is 11.3 Å². The number of anilines is 1. The van der Waals surface area contributed by atoms with Gasteiger partial charge in [0.25, 0.3) is 0 Å². The van der Waals surface area contributed by atoms with Crippen molar-refractivity contribution in [1.29, 1.82) is 0 Å². The topological polar surface area (TPSA) is 38.9 Å².